The van der Waals surface area contributed by atoms with Crippen molar-refractivity contribution < 1.29 is 0 Å². The summed E-state index contributed by atoms with van der Waals surface area (Å²) in [4.78, 5) is 8.47. The molecule has 0 aliphatic heterocycles. The van der Waals surface area contributed by atoms with Crippen molar-refractivity contribution in [1.29, 1.82) is 0 Å². The number of hydrogen-bond acceptors (Lipinski definition) is 4. The maximum atomic E-state index is 4.29. The van der Waals surface area contributed by atoms with Gasteiger partial charge in [0.2, 0.25) is 0 Å². The van der Waals surface area contributed by atoms with Gasteiger partial charge in [-0.2, -0.15) is 0 Å². The molecule has 0 fully saturated rings. The summed E-state index contributed by atoms with van der Waals surface area (Å²) in [6.45, 7) is 6.44. The second kappa shape index (κ2) is 6.30. The third-order valence-corrected chi connectivity index (χ3v) is 2.79. The van der Waals surface area contributed by atoms with Gasteiger partial charge < -0.3 is 10.6 Å². The van der Waals surface area contributed by atoms with E-state index in [1.807, 2.05) is 14.0 Å². The topological polar surface area (TPSA) is 49.8 Å². The molecule has 0 bridgehead atoms. The van der Waals surface area contributed by atoms with Crippen LogP contribution in [0, 0.1) is 6.92 Å². The van der Waals surface area contributed by atoms with Crippen LogP contribution in [0.4, 0.5) is 11.6 Å². The highest BCUT2D eigenvalue weighted by atomic mass is 15.1. The minimum Gasteiger partial charge on any atom is -0.373 e. The Labute approximate surface area is 97.9 Å². The minimum absolute atomic E-state index is 0.503. The zero-order valence-electron chi connectivity index (χ0n) is 10.7. The van der Waals surface area contributed by atoms with Gasteiger partial charge in [-0.05, 0) is 19.8 Å². The molecule has 1 atom stereocenters. The van der Waals surface area contributed by atoms with E-state index in [0.29, 0.717) is 6.04 Å². The molecule has 0 saturated heterocycles. The second-order valence-electron chi connectivity index (χ2n) is 3.98. The molecule has 1 rings (SSSR count). The molecule has 1 heterocycles. The maximum absolute atomic E-state index is 4.29. The molecule has 1 aromatic heterocycles. The van der Waals surface area contributed by atoms with Crippen molar-refractivity contribution in [1.82, 2.24) is 9.97 Å². The van der Waals surface area contributed by atoms with Crippen LogP contribution in [0.2, 0.25) is 0 Å². The van der Waals surface area contributed by atoms with E-state index in [9.17, 15) is 0 Å². The van der Waals surface area contributed by atoms with E-state index < -0.39 is 0 Å². The van der Waals surface area contributed by atoms with Crippen LogP contribution in [0.3, 0.4) is 0 Å². The number of rotatable bonds is 6. The lowest BCUT2D eigenvalue weighted by molar-refractivity contribution is 0.619. The Bertz CT molecular complexity index is 325. The fourth-order valence-corrected chi connectivity index (χ4v) is 1.77. The first-order valence-electron chi connectivity index (χ1n) is 5.98. The van der Waals surface area contributed by atoms with Gasteiger partial charge in [-0.3, -0.25) is 0 Å². The number of anilines is 2. The van der Waals surface area contributed by atoms with Crippen molar-refractivity contribution in [2.45, 2.75) is 46.1 Å². The summed E-state index contributed by atoms with van der Waals surface area (Å²) in [5.74, 6) is 1.84. The Kier molecular flexibility index (Phi) is 5.02. The molecule has 0 radical (unpaired) electrons. The highest BCUT2D eigenvalue weighted by Gasteiger charge is 2.10. The molecule has 0 aliphatic rings. The third kappa shape index (κ3) is 3.08. The van der Waals surface area contributed by atoms with Crippen molar-refractivity contribution >= 4 is 11.6 Å². The zero-order valence-corrected chi connectivity index (χ0v) is 10.7. The summed E-state index contributed by atoms with van der Waals surface area (Å²) in [5, 5.41) is 6.55. The molecule has 16 heavy (non-hydrogen) atoms. The number of nitrogens with one attached hydrogen (secondary N) is 2. The SMILES string of the molecule is CCCC(CC)Nc1ncnc(NC)c1C. The molecule has 0 saturated carbocycles. The fourth-order valence-electron chi connectivity index (χ4n) is 1.77. The molecule has 4 heteroatoms. The lowest BCUT2D eigenvalue weighted by Gasteiger charge is -2.18. The predicted octanol–water partition coefficient (Wildman–Crippen LogP) is 2.82. The van der Waals surface area contributed by atoms with Crippen LogP contribution in [-0.4, -0.2) is 23.1 Å². The quantitative estimate of drug-likeness (QED) is 0.777. The Hall–Kier alpha value is -1.32. The highest BCUT2D eigenvalue weighted by Crippen LogP contribution is 2.19. The Morgan fingerprint density at radius 1 is 1.25 bits per heavy atom. The first-order chi connectivity index (χ1) is 7.72. The van der Waals surface area contributed by atoms with Crippen LogP contribution in [-0.2, 0) is 0 Å². The molecule has 1 aromatic rings. The van der Waals surface area contributed by atoms with Gasteiger partial charge in [0.15, 0.2) is 0 Å². The van der Waals surface area contributed by atoms with E-state index in [-0.39, 0.29) is 0 Å². The van der Waals surface area contributed by atoms with Gasteiger partial charge in [0.25, 0.3) is 0 Å². The summed E-state index contributed by atoms with van der Waals surface area (Å²) in [6.07, 6.45) is 5.08. The van der Waals surface area contributed by atoms with E-state index >= 15 is 0 Å². The highest BCUT2D eigenvalue weighted by molar-refractivity contribution is 5.56. The summed E-state index contributed by atoms with van der Waals surface area (Å²) in [6, 6.07) is 0.503. The van der Waals surface area contributed by atoms with Crippen molar-refractivity contribution in [2.24, 2.45) is 0 Å². The van der Waals surface area contributed by atoms with Gasteiger partial charge in [0.1, 0.15) is 18.0 Å². The minimum atomic E-state index is 0.503. The first-order valence-corrected chi connectivity index (χ1v) is 5.98. The summed E-state index contributed by atoms with van der Waals surface area (Å²) in [5.41, 5.74) is 1.08. The van der Waals surface area contributed by atoms with Gasteiger partial charge in [-0.25, -0.2) is 9.97 Å². The van der Waals surface area contributed by atoms with Crippen molar-refractivity contribution in [2.75, 3.05) is 17.7 Å². The molecular formula is C12H22N4. The molecule has 0 spiro atoms. The van der Waals surface area contributed by atoms with E-state index in [1.54, 1.807) is 6.33 Å². The van der Waals surface area contributed by atoms with Crippen LogP contribution in [0.15, 0.2) is 6.33 Å². The number of nitrogens with zero attached hydrogens (tertiary/aromatic N) is 2. The molecule has 2 N–H and O–H groups in total. The van der Waals surface area contributed by atoms with Crippen LogP contribution in [0.1, 0.15) is 38.7 Å². The second-order valence-corrected chi connectivity index (χ2v) is 3.98. The van der Waals surface area contributed by atoms with E-state index in [0.717, 1.165) is 23.6 Å². The molecule has 0 amide bonds. The predicted molar refractivity (Wildman–Crippen MR) is 68.9 cm³/mol. The fraction of sp³-hybridized carbons (Fsp3) is 0.667. The van der Waals surface area contributed by atoms with Crippen molar-refractivity contribution in [3.05, 3.63) is 11.9 Å². The van der Waals surface area contributed by atoms with Crippen molar-refractivity contribution in [3.8, 4) is 0 Å². The van der Waals surface area contributed by atoms with Gasteiger partial charge in [-0.1, -0.05) is 20.3 Å². The van der Waals surface area contributed by atoms with Crippen LogP contribution in [0.5, 0.6) is 0 Å². The van der Waals surface area contributed by atoms with Crippen molar-refractivity contribution in [3.63, 3.8) is 0 Å². The third-order valence-electron chi connectivity index (χ3n) is 2.79. The standard InChI is InChI=1S/C12H22N4/c1-5-7-10(6-2)16-12-9(3)11(13-4)14-8-15-12/h8,10H,5-7H2,1-4H3,(H2,13,14,15,16). The largest absolute Gasteiger partial charge is 0.373 e. The Morgan fingerprint density at radius 2 is 1.94 bits per heavy atom. The molecule has 90 valence electrons. The maximum Gasteiger partial charge on any atom is 0.134 e. The Morgan fingerprint density at radius 3 is 2.50 bits per heavy atom. The molecular weight excluding hydrogens is 200 g/mol. The van der Waals surface area contributed by atoms with Crippen LogP contribution in [0.25, 0.3) is 0 Å². The Balaban J connectivity index is 2.79. The van der Waals surface area contributed by atoms with Crippen LogP contribution >= 0.6 is 0 Å². The van der Waals surface area contributed by atoms with Gasteiger partial charge in [0.05, 0.1) is 0 Å². The van der Waals surface area contributed by atoms with Crippen LogP contribution < -0.4 is 10.6 Å². The molecule has 4 nitrogen and oxygen atoms in total. The first kappa shape index (κ1) is 12.7. The summed E-state index contributed by atoms with van der Waals surface area (Å²) < 4.78 is 0. The van der Waals surface area contributed by atoms with E-state index in [4.69, 9.17) is 0 Å². The van der Waals surface area contributed by atoms with E-state index in [1.165, 1.54) is 12.8 Å². The zero-order chi connectivity index (χ0) is 12.0. The molecule has 1 unspecified atom stereocenters. The summed E-state index contributed by atoms with van der Waals surface area (Å²) in [7, 11) is 1.88. The van der Waals surface area contributed by atoms with Gasteiger partial charge in [-0.15, -0.1) is 0 Å². The number of hydrogen-bond donors (Lipinski definition) is 2. The molecule has 0 aromatic carbocycles. The molecule has 0 aliphatic carbocycles. The number of aromatic nitrogens is 2. The average molecular weight is 222 g/mol. The monoisotopic (exact) mass is 222 g/mol. The van der Waals surface area contributed by atoms with Gasteiger partial charge >= 0.3 is 0 Å². The lowest BCUT2D eigenvalue weighted by Crippen LogP contribution is -2.20. The lowest BCUT2D eigenvalue weighted by atomic mass is 10.1. The average Bonchev–Trinajstić information content (AvgIpc) is 2.31. The summed E-state index contributed by atoms with van der Waals surface area (Å²) >= 11 is 0. The normalized spacial score (nSPS) is 12.2. The smallest absolute Gasteiger partial charge is 0.134 e. The van der Waals surface area contributed by atoms with E-state index in [2.05, 4.69) is 34.4 Å². The van der Waals surface area contributed by atoms with Gasteiger partial charge in [0, 0.05) is 18.7 Å².